The van der Waals surface area contributed by atoms with Crippen molar-refractivity contribution in [1.82, 2.24) is 4.90 Å². The highest BCUT2D eigenvalue weighted by Gasteiger charge is 2.26. The number of hydrogen-bond acceptors (Lipinski definition) is 2. The quantitative estimate of drug-likeness (QED) is 0.737. The maximum Gasteiger partial charge on any atom is 0.353 e. The van der Waals surface area contributed by atoms with E-state index < -0.39 is 6.11 Å². The van der Waals surface area contributed by atoms with E-state index in [0.29, 0.717) is 12.3 Å². The van der Waals surface area contributed by atoms with Gasteiger partial charge in [-0.25, -0.2) is 0 Å². The summed E-state index contributed by atoms with van der Waals surface area (Å²) < 4.78 is 24.2. The molecule has 13 heavy (non-hydrogen) atoms. The maximum absolute atomic E-state index is 12.1. The van der Waals surface area contributed by atoms with Crippen molar-refractivity contribution in [2.75, 3.05) is 20.1 Å². The first-order valence-corrected chi connectivity index (χ1v) is 4.76. The molecule has 1 N–H and O–H groups in total. The summed E-state index contributed by atoms with van der Waals surface area (Å²) in [7, 11) is 2.04. The van der Waals surface area contributed by atoms with E-state index in [2.05, 4.69) is 4.90 Å². The largest absolute Gasteiger partial charge is 0.353 e. The van der Waals surface area contributed by atoms with Gasteiger partial charge in [-0.1, -0.05) is 0 Å². The second-order valence-electron chi connectivity index (χ2n) is 3.95. The van der Waals surface area contributed by atoms with Gasteiger partial charge in [-0.2, -0.15) is 8.78 Å². The van der Waals surface area contributed by atoms with Gasteiger partial charge in [-0.3, -0.25) is 0 Å². The second-order valence-corrected chi connectivity index (χ2v) is 3.95. The monoisotopic (exact) mass is 193 g/mol. The Morgan fingerprint density at radius 2 is 1.92 bits per heavy atom. The third-order valence-electron chi connectivity index (χ3n) is 2.69. The summed E-state index contributed by atoms with van der Waals surface area (Å²) in [4.78, 5) is 2.20. The summed E-state index contributed by atoms with van der Waals surface area (Å²) in [6, 6.07) is 0. The molecule has 0 unspecified atom stereocenters. The Kier molecular flexibility index (Phi) is 3.62. The molecule has 0 aromatic rings. The zero-order valence-corrected chi connectivity index (χ0v) is 7.97. The minimum atomic E-state index is -3.47. The third kappa shape index (κ3) is 4.52. The summed E-state index contributed by atoms with van der Waals surface area (Å²) >= 11 is 0. The highest BCUT2D eigenvalue weighted by atomic mass is 19.3. The van der Waals surface area contributed by atoms with Gasteiger partial charge in [0.25, 0.3) is 0 Å². The number of halogens is 2. The fraction of sp³-hybridized carbons (Fsp3) is 1.00. The molecule has 0 spiro atoms. The van der Waals surface area contributed by atoms with Gasteiger partial charge in [0.2, 0.25) is 0 Å². The lowest BCUT2D eigenvalue weighted by molar-refractivity contribution is -0.205. The molecule has 1 heterocycles. The van der Waals surface area contributed by atoms with Crippen LogP contribution in [0.1, 0.15) is 25.7 Å². The van der Waals surface area contributed by atoms with E-state index >= 15 is 0 Å². The van der Waals surface area contributed by atoms with Crippen LogP contribution in [-0.4, -0.2) is 36.3 Å². The zero-order chi connectivity index (χ0) is 9.90. The summed E-state index contributed by atoms with van der Waals surface area (Å²) in [6.07, 6.45) is -1.46. The molecule has 0 aromatic carbocycles. The lowest BCUT2D eigenvalue weighted by Gasteiger charge is -2.29. The Hall–Kier alpha value is -0.220. The highest BCUT2D eigenvalue weighted by molar-refractivity contribution is 4.70. The van der Waals surface area contributed by atoms with Gasteiger partial charge < -0.3 is 10.0 Å². The molecule has 0 bridgehead atoms. The predicted octanol–water partition coefficient (Wildman–Crippen LogP) is 1.69. The minimum Gasteiger partial charge on any atom is -0.336 e. The van der Waals surface area contributed by atoms with Crippen LogP contribution in [0.3, 0.4) is 0 Å². The molecule has 0 aromatic heterocycles. The first-order valence-electron chi connectivity index (χ1n) is 4.76. The van der Waals surface area contributed by atoms with Crippen molar-refractivity contribution in [2.45, 2.75) is 31.8 Å². The number of piperidine rings is 1. The van der Waals surface area contributed by atoms with Crippen LogP contribution >= 0.6 is 0 Å². The topological polar surface area (TPSA) is 23.5 Å². The molecule has 1 aliphatic heterocycles. The highest BCUT2D eigenvalue weighted by Crippen LogP contribution is 2.25. The maximum atomic E-state index is 12.1. The fourth-order valence-electron chi connectivity index (χ4n) is 1.73. The molecule has 1 rings (SSSR count). The summed E-state index contributed by atoms with van der Waals surface area (Å²) in [5, 5.41) is 8.26. The van der Waals surface area contributed by atoms with Crippen LogP contribution in [-0.2, 0) is 0 Å². The van der Waals surface area contributed by atoms with Crippen molar-refractivity contribution in [3.05, 3.63) is 0 Å². The van der Waals surface area contributed by atoms with Crippen molar-refractivity contribution in [2.24, 2.45) is 5.92 Å². The second kappa shape index (κ2) is 4.33. The normalized spacial score (nSPS) is 22.2. The van der Waals surface area contributed by atoms with Crippen molar-refractivity contribution < 1.29 is 13.9 Å². The molecule has 4 heteroatoms. The molecule has 1 fully saturated rings. The van der Waals surface area contributed by atoms with Crippen LogP contribution in [0, 0.1) is 5.92 Å². The van der Waals surface area contributed by atoms with E-state index in [9.17, 15) is 8.78 Å². The first-order chi connectivity index (χ1) is 5.97. The number of aliphatic hydroxyl groups is 1. The standard InChI is InChI=1S/C9H17F2NO/c1-12-6-3-8(4-7-12)2-5-9(10,11)13/h8,13H,2-7H2,1H3. The lowest BCUT2D eigenvalue weighted by atomic mass is 9.92. The van der Waals surface area contributed by atoms with Crippen molar-refractivity contribution in [3.63, 3.8) is 0 Å². The molecule has 0 amide bonds. The third-order valence-corrected chi connectivity index (χ3v) is 2.69. The fourth-order valence-corrected chi connectivity index (χ4v) is 1.73. The van der Waals surface area contributed by atoms with E-state index in [0.717, 1.165) is 25.9 Å². The molecular weight excluding hydrogens is 176 g/mol. The number of rotatable bonds is 3. The minimum absolute atomic E-state index is 0.370. The molecule has 0 radical (unpaired) electrons. The van der Waals surface area contributed by atoms with Crippen molar-refractivity contribution in [3.8, 4) is 0 Å². The average Bonchev–Trinajstić information content (AvgIpc) is 2.02. The van der Waals surface area contributed by atoms with E-state index in [1.165, 1.54) is 0 Å². The smallest absolute Gasteiger partial charge is 0.336 e. The Labute approximate surface area is 77.5 Å². The molecule has 1 aliphatic rings. The van der Waals surface area contributed by atoms with Crippen LogP contribution in [0.2, 0.25) is 0 Å². The number of alkyl halides is 2. The van der Waals surface area contributed by atoms with Gasteiger partial charge in [0.05, 0.1) is 0 Å². The van der Waals surface area contributed by atoms with Crippen molar-refractivity contribution >= 4 is 0 Å². The number of hydrogen-bond donors (Lipinski definition) is 1. The van der Waals surface area contributed by atoms with Crippen LogP contribution in [0.5, 0.6) is 0 Å². The molecule has 1 saturated heterocycles. The Bertz CT molecular complexity index is 150. The number of likely N-dealkylation sites (tertiary alicyclic amines) is 1. The molecule has 2 nitrogen and oxygen atoms in total. The Balaban J connectivity index is 2.16. The van der Waals surface area contributed by atoms with Gasteiger partial charge in [-0.05, 0) is 45.3 Å². The predicted molar refractivity (Wildman–Crippen MR) is 46.6 cm³/mol. The van der Waals surface area contributed by atoms with E-state index in [-0.39, 0.29) is 6.42 Å². The van der Waals surface area contributed by atoms with E-state index in [1.54, 1.807) is 0 Å². The van der Waals surface area contributed by atoms with Gasteiger partial charge >= 0.3 is 6.11 Å². The van der Waals surface area contributed by atoms with E-state index in [1.807, 2.05) is 7.05 Å². The Morgan fingerprint density at radius 3 is 2.38 bits per heavy atom. The van der Waals surface area contributed by atoms with Crippen LogP contribution in [0.15, 0.2) is 0 Å². The Morgan fingerprint density at radius 1 is 1.38 bits per heavy atom. The lowest BCUT2D eigenvalue weighted by Crippen LogP contribution is -2.30. The van der Waals surface area contributed by atoms with Crippen LogP contribution < -0.4 is 0 Å². The molecule has 0 atom stereocenters. The average molecular weight is 193 g/mol. The van der Waals surface area contributed by atoms with Gasteiger partial charge in [0.15, 0.2) is 0 Å². The SMILES string of the molecule is CN1CCC(CCC(O)(F)F)CC1. The summed E-state index contributed by atoms with van der Waals surface area (Å²) in [5.41, 5.74) is 0. The van der Waals surface area contributed by atoms with Crippen LogP contribution in [0.25, 0.3) is 0 Å². The van der Waals surface area contributed by atoms with Crippen LogP contribution in [0.4, 0.5) is 8.78 Å². The first kappa shape index (κ1) is 10.9. The summed E-state index contributed by atoms with van der Waals surface area (Å²) in [6.45, 7) is 1.98. The van der Waals surface area contributed by atoms with Crippen molar-refractivity contribution in [1.29, 1.82) is 0 Å². The van der Waals surface area contributed by atoms with E-state index in [4.69, 9.17) is 5.11 Å². The molecular formula is C9H17F2NO. The van der Waals surface area contributed by atoms with Gasteiger partial charge in [-0.15, -0.1) is 0 Å². The molecule has 0 saturated carbocycles. The number of nitrogens with zero attached hydrogens (tertiary/aromatic N) is 1. The zero-order valence-electron chi connectivity index (χ0n) is 7.97. The van der Waals surface area contributed by atoms with Gasteiger partial charge in [0.1, 0.15) is 0 Å². The molecule has 78 valence electrons. The van der Waals surface area contributed by atoms with Gasteiger partial charge in [0, 0.05) is 6.42 Å². The summed E-state index contributed by atoms with van der Waals surface area (Å²) in [5.74, 6) is 0.370. The molecule has 0 aliphatic carbocycles.